The minimum absolute atomic E-state index is 0.0457. The highest BCUT2D eigenvalue weighted by molar-refractivity contribution is 5.73. The fourth-order valence-corrected chi connectivity index (χ4v) is 1.84. The van der Waals surface area contributed by atoms with Gasteiger partial charge in [-0.25, -0.2) is 13.6 Å². The van der Waals surface area contributed by atoms with Crippen molar-refractivity contribution in [3.05, 3.63) is 0 Å². The topological polar surface area (TPSA) is 41.1 Å². The SMILES string of the molecule is CCCNC(=O)NCC1CCC(F)(F)CC1. The summed E-state index contributed by atoms with van der Waals surface area (Å²) in [5, 5.41) is 5.41. The lowest BCUT2D eigenvalue weighted by Crippen LogP contribution is -2.40. The van der Waals surface area contributed by atoms with Gasteiger partial charge in [-0.1, -0.05) is 6.92 Å². The summed E-state index contributed by atoms with van der Waals surface area (Å²) in [5.74, 6) is -2.28. The van der Waals surface area contributed by atoms with E-state index in [2.05, 4.69) is 10.6 Å². The van der Waals surface area contributed by atoms with Crippen LogP contribution in [-0.4, -0.2) is 25.0 Å². The molecule has 3 nitrogen and oxygen atoms in total. The molecule has 0 atom stereocenters. The Kier molecular flexibility index (Phi) is 4.96. The third-order valence-electron chi connectivity index (χ3n) is 2.92. The Balaban J connectivity index is 2.12. The zero-order valence-corrected chi connectivity index (χ0v) is 9.69. The van der Waals surface area contributed by atoms with Crippen LogP contribution in [0.25, 0.3) is 0 Å². The fourth-order valence-electron chi connectivity index (χ4n) is 1.84. The molecule has 0 aromatic heterocycles. The van der Waals surface area contributed by atoms with Gasteiger partial charge in [0.2, 0.25) is 5.92 Å². The van der Waals surface area contributed by atoms with E-state index in [1.165, 1.54) is 0 Å². The van der Waals surface area contributed by atoms with Gasteiger partial charge in [0, 0.05) is 25.9 Å². The molecule has 1 aliphatic rings. The van der Waals surface area contributed by atoms with Crippen molar-refractivity contribution in [2.75, 3.05) is 13.1 Å². The summed E-state index contributed by atoms with van der Waals surface area (Å²) in [6, 6.07) is -0.195. The first kappa shape index (κ1) is 13.2. The summed E-state index contributed by atoms with van der Waals surface area (Å²) in [6.45, 7) is 3.13. The highest BCUT2D eigenvalue weighted by atomic mass is 19.3. The Morgan fingerprint density at radius 1 is 1.31 bits per heavy atom. The van der Waals surface area contributed by atoms with E-state index in [-0.39, 0.29) is 24.8 Å². The molecule has 1 rings (SSSR count). The molecule has 1 saturated carbocycles. The van der Waals surface area contributed by atoms with E-state index in [0.717, 1.165) is 6.42 Å². The average Bonchev–Trinajstić information content (AvgIpc) is 2.25. The number of amides is 2. The number of nitrogens with one attached hydrogen (secondary N) is 2. The van der Waals surface area contributed by atoms with Crippen LogP contribution in [0.1, 0.15) is 39.0 Å². The van der Waals surface area contributed by atoms with E-state index in [0.29, 0.717) is 25.9 Å². The van der Waals surface area contributed by atoms with Gasteiger partial charge in [-0.05, 0) is 25.2 Å². The maximum absolute atomic E-state index is 12.8. The number of alkyl halides is 2. The number of carbonyl (C=O) groups excluding carboxylic acids is 1. The van der Waals surface area contributed by atoms with Gasteiger partial charge in [0.05, 0.1) is 0 Å². The summed E-state index contributed by atoms with van der Waals surface area (Å²) in [6.07, 6.45) is 1.80. The molecule has 0 unspecified atom stereocenters. The molecule has 0 spiro atoms. The van der Waals surface area contributed by atoms with Gasteiger partial charge in [-0.15, -0.1) is 0 Å². The minimum atomic E-state index is -2.49. The van der Waals surface area contributed by atoms with Crippen LogP contribution in [0.4, 0.5) is 13.6 Å². The summed E-state index contributed by atoms with van der Waals surface area (Å²) in [4.78, 5) is 11.2. The van der Waals surface area contributed by atoms with Gasteiger partial charge in [-0.2, -0.15) is 0 Å². The Labute approximate surface area is 95.0 Å². The standard InChI is InChI=1S/C11H20F2N2O/c1-2-7-14-10(16)15-8-9-3-5-11(12,13)6-4-9/h9H,2-8H2,1H3,(H2,14,15,16). The largest absolute Gasteiger partial charge is 0.338 e. The van der Waals surface area contributed by atoms with Crippen LogP contribution in [0.2, 0.25) is 0 Å². The molecule has 2 amide bonds. The molecule has 0 aromatic carbocycles. The smallest absolute Gasteiger partial charge is 0.314 e. The first-order valence-electron chi connectivity index (χ1n) is 5.93. The van der Waals surface area contributed by atoms with Crippen molar-refractivity contribution < 1.29 is 13.6 Å². The lowest BCUT2D eigenvalue weighted by molar-refractivity contribution is -0.0451. The van der Waals surface area contributed by atoms with Crippen molar-refractivity contribution in [2.24, 2.45) is 5.92 Å². The molecule has 0 saturated heterocycles. The van der Waals surface area contributed by atoms with Crippen molar-refractivity contribution in [3.63, 3.8) is 0 Å². The second-order valence-electron chi connectivity index (χ2n) is 4.44. The molecule has 0 radical (unpaired) electrons. The highest BCUT2D eigenvalue weighted by Crippen LogP contribution is 2.35. The van der Waals surface area contributed by atoms with Gasteiger partial charge in [0.1, 0.15) is 0 Å². The quantitative estimate of drug-likeness (QED) is 0.771. The number of urea groups is 1. The monoisotopic (exact) mass is 234 g/mol. The van der Waals surface area contributed by atoms with E-state index in [1.54, 1.807) is 0 Å². The Morgan fingerprint density at radius 3 is 2.50 bits per heavy atom. The zero-order chi connectivity index (χ0) is 12.0. The molecule has 0 bridgehead atoms. The van der Waals surface area contributed by atoms with E-state index in [1.807, 2.05) is 6.92 Å². The molecule has 0 heterocycles. The molecule has 5 heteroatoms. The van der Waals surface area contributed by atoms with Crippen LogP contribution in [0.3, 0.4) is 0 Å². The molecule has 94 valence electrons. The fraction of sp³-hybridized carbons (Fsp3) is 0.909. The predicted octanol–water partition coefficient (Wildman–Crippen LogP) is 2.52. The maximum atomic E-state index is 12.8. The number of hydrogen-bond donors (Lipinski definition) is 2. The first-order valence-corrected chi connectivity index (χ1v) is 5.93. The van der Waals surface area contributed by atoms with Crippen LogP contribution in [0.5, 0.6) is 0 Å². The molecule has 1 fully saturated rings. The summed E-state index contributed by atoms with van der Waals surface area (Å²) in [7, 11) is 0. The second-order valence-corrected chi connectivity index (χ2v) is 4.44. The number of halogens is 2. The third-order valence-corrected chi connectivity index (χ3v) is 2.92. The Bertz CT molecular complexity index is 224. The van der Waals surface area contributed by atoms with Gasteiger partial charge in [0.15, 0.2) is 0 Å². The molecule has 2 N–H and O–H groups in total. The zero-order valence-electron chi connectivity index (χ0n) is 9.69. The van der Waals surface area contributed by atoms with E-state index in [4.69, 9.17) is 0 Å². The lowest BCUT2D eigenvalue weighted by atomic mass is 9.87. The maximum Gasteiger partial charge on any atom is 0.314 e. The van der Waals surface area contributed by atoms with Crippen molar-refractivity contribution in [2.45, 2.75) is 45.0 Å². The van der Waals surface area contributed by atoms with E-state index < -0.39 is 5.92 Å². The van der Waals surface area contributed by atoms with Crippen LogP contribution < -0.4 is 10.6 Å². The van der Waals surface area contributed by atoms with E-state index in [9.17, 15) is 13.6 Å². The summed E-state index contributed by atoms with van der Waals surface area (Å²) >= 11 is 0. The van der Waals surface area contributed by atoms with Crippen molar-refractivity contribution in [1.29, 1.82) is 0 Å². The first-order chi connectivity index (χ1) is 7.53. The third kappa shape index (κ3) is 4.77. The number of carbonyl (C=O) groups is 1. The molecule has 0 aromatic rings. The Hall–Kier alpha value is -0.870. The lowest BCUT2D eigenvalue weighted by Gasteiger charge is -2.28. The molecule has 0 aliphatic heterocycles. The molecular weight excluding hydrogens is 214 g/mol. The van der Waals surface area contributed by atoms with Crippen LogP contribution in [0, 0.1) is 5.92 Å². The number of rotatable bonds is 4. The van der Waals surface area contributed by atoms with Gasteiger partial charge < -0.3 is 10.6 Å². The minimum Gasteiger partial charge on any atom is -0.338 e. The van der Waals surface area contributed by atoms with Crippen LogP contribution in [0.15, 0.2) is 0 Å². The average molecular weight is 234 g/mol. The summed E-state index contributed by atoms with van der Waals surface area (Å²) in [5.41, 5.74) is 0. The van der Waals surface area contributed by atoms with Crippen molar-refractivity contribution in [3.8, 4) is 0 Å². The van der Waals surface area contributed by atoms with Gasteiger partial charge in [0.25, 0.3) is 0 Å². The highest BCUT2D eigenvalue weighted by Gasteiger charge is 2.34. The van der Waals surface area contributed by atoms with Crippen molar-refractivity contribution >= 4 is 6.03 Å². The van der Waals surface area contributed by atoms with Gasteiger partial charge >= 0.3 is 6.03 Å². The van der Waals surface area contributed by atoms with Gasteiger partial charge in [-0.3, -0.25) is 0 Å². The predicted molar refractivity (Wildman–Crippen MR) is 58.6 cm³/mol. The Morgan fingerprint density at radius 2 is 1.94 bits per heavy atom. The number of hydrogen-bond acceptors (Lipinski definition) is 1. The van der Waals surface area contributed by atoms with E-state index >= 15 is 0 Å². The molecular formula is C11H20F2N2O. The van der Waals surface area contributed by atoms with Crippen molar-refractivity contribution in [1.82, 2.24) is 10.6 Å². The molecule has 1 aliphatic carbocycles. The normalized spacial score (nSPS) is 20.4. The van der Waals surface area contributed by atoms with Crippen LogP contribution >= 0.6 is 0 Å². The second kappa shape index (κ2) is 6.01. The molecule has 16 heavy (non-hydrogen) atoms. The van der Waals surface area contributed by atoms with Crippen LogP contribution in [-0.2, 0) is 0 Å². The summed E-state index contributed by atoms with van der Waals surface area (Å²) < 4.78 is 25.7.